The van der Waals surface area contributed by atoms with Crippen molar-refractivity contribution in [3.05, 3.63) is 28.4 Å². The molecule has 0 aliphatic rings. The molecule has 0 saturated carbocycles. The predicted molar refractivity (Wildman–Crippen MR) is 59.1 cm³/mol. The molecule has 4 heteroatoms. The number of hydrogen-bond acceptors (Lipinski definition) is 3. The summed E-state index contributed by atoms with van der Waals surface area (Å²) in [5, 5.41) is 5.11. The quantitative estimate of drug-likeness (QED) is 0.916. The average Bonchev–Trinajstić information content (AvgIpc) is 2.60. The minimum Gasteiger partial charge on any atom is -0.355 e. The molecule has 0 bridgehead atoms. The van der Waals surface area contributed by atoms with Crippen LogP contribution >= 0.6 is 15.9 Å². The number of nitrogens with two attached hydrogens (primary N) is 1. The highest BCUT2D eigenvalue weighted by molar-refractivity contribution is 9.10. The molecule has 0 spiro atoms. The van der Waals surface area contributed by atoms with E-state index in [0.717, 1.165) is 34.0 Å². The smallest absolute Gasteiger partial charge is 0.181 e. The van der Waals surface area contributed by atoms with Crippen LogP contribution in [0.3, 0.4) is 0 Å². The molecule has 2 rings (SSSR count). The lowest BCUT2D eigenvalue weighted by Crippen LogP contribution is -2.00. The van der Waals surface area contributed by atoms with Gasteiger partial charge in [0, 0.05) is 5.39 Å². The number of hydrogen-bond donors (Lipinski definition) is 1. The lowest BCUT2D eigenvalue weighted by atomic mass is 10.1. The van der Waals surface area contributed by atoms with Crippen molar-refractivity contribution in [1.29, 1.82) is 0 Å². The first kappa shape index (κ1) is 9.68. The van der Waals surface area contributed by atoms with Crippen LogP contribution in [0.1, 0.15) is 12.1 Å². The van der Waals surface area contributed by atoms with Crippen LogP contribution < -0.4 is 5.73 Å². The van der Waals surface area contributed by atoms with Gasteiger partial charge in [0.25, 0.3) is 0 Å². The summed E-state index contributed by atoms with van der Waals surface area (Å²) < 4.78 is 6.19. The highest BCUT2D eigenvalue weighted by Gasteiger charge is 2.09. The molecule has 0 aliphatic carbocycles. The molecule has 0 aliphatic heterocycles. The van der Waals surface area contributed by atoms with Gasteiger partial charge >= 0.3 is 0 Å². The van der Waals surface area contributed by atoms with Crippen molar-refractivity contribution in [2.75, 3.05) is 6.54 Å². The van der Waals surface area contributed by atoms with Crippen molar-refractivity contribution >= 4 is 26.9 Å². The molecular weight excluding hydrogens is 244 g/mol. The maximum Gasteiger partial charge on any atom is 0.181 e. The fourth-order valence-corrected chi connectivity index (χ4v) is 1.87. The Morgan fingerprint density at radius 2 is 2.29 bits per heavy atom. The first-order valence-corrected chi connectivity index (χ1v) is 5.35. The zero-order chi connectivity index (χ0) is 9.97. The van der Waals surface area contributed by atoms with Crippen LogP contribution in [-0.2, 0) is 6.42 Å². The Morgan fingerprint density at radius 1 is 1.43 bits per heavy atom. The Hall–Kier alpha value is -0.870. The average molecular weight is 255 g/mol. The van der Waals surface area contributed by atoms with E-state index in [1.54, 1.807) is 0 Å². The van der Waals surface area contributed by atoms with Gasteiger partial charge in [0.1, 0.15) is 0 Å². The van der Waals surface area contributed by atoms with E-state index in [4.69, 9.17) is 10.3 Å². The largest absolute Gasteiger partial charge is 0.355 e. The number of para-hydroxylation sites is 1. The second-order valence-corrected chi connectivity index (χ2v) is 3.99. The van der Waals surface area contributed by atoms with Crippen LogP contribution in [0, 0.1) is 0 Å². The molecule has 1 aromatic heterocycles. The van der Waals surface area contributed by atoms with E-state index in [-0.39, 0.29) is 0 Å². The highest BCUT2D eigenvalue weighted by Crippen LogP contribution is 2.26. The normalized spacial score (nSPS) is 11.0. The number of aryl methyl sites for hydroxylation is 1. The molecule has 0 saturated heterocycles. The standard InChI is InChI=1S/C10H11BrN2O/c11-8-4-1-3-7-9(5-2-6-12)13-14-10(7)8/h1,3-4H,2,5-6,12H2. The van der Waals surface area contributed by atoms with Crippen LogP contribution in [0.5, 0.6) is 0 Å². The van der Waals surface area contributed by atoms with Gasteiger partial charge in [0.2, 0.25) is 0 Å². The molecule has 74 valence electrons. The van der Waals surface area contributed by atoms with Crippen molar-refractivity contribution in [2.24, 2.45) is 5.73 Å². The van der Waals surface area contributed by atoms with Gasteiger partial charge in [0.15, 0.2) is 5.58 Å². The molecule has 0 amide bonds. The number of benzene rings is 1. The van der Waals surface area contributed by atoms with Gasteiger partial charge < -0.3 is 10.3 Å². The van der Waals surface area contributed by atoms with Crippen LogP contribution in [0.4, 0.5) is 0 Å². The predicted octanol–water partition coefficient (Wildman–Crippen LogP) is 2.48. The summed E-state index contributed by atoms with van der Waals surface area (Å²) >= 11 is 3.42. The molecule has 2 N–H and O–H groups in total. The molecule has 14 heavy (non-hydrogen) atoms. The van der Waals surface area contributed by atoms with Gasteiger partial charge in [-0.05, 0) is 47.4 Å². The summed E-state index contributed by atoms with van der Waals surface area (Å²) in [6.07, 6.45) is 1.81. The van der Waals surface area contributed by atoms with Gasteiger partial charge in [-0.1, -0.05) is 11.2 Å². The van der Waals surface area contributed by atoms with E-state index in [1.165, 1.54) is 0 Å². The van der Waals surface area contributed by atoms with Gasteiger partial charge in [-0.15, -0.1) is 0 Å². The summed E-state index contributed by atoms with van der Waals surface area (Å²) in [7, 11) is 0. The van der Waals surface area contributed by atoms with Crippen molar-refractivity contribution in [3.8, 4) is 0 Å². The molecule has 3 nitrogen and oxygen atoms in total. The Labute approximate surface area is 90.4 Å². The molecule has 0 fully saturated rings. The number of rotatable bonds is 3. The summed E-state index contributed by atoms with van der Waals surface area (Å²) in [6.45, 7) is 0.683. The van der Waals surface area contributed by atoms with E-state index < -0.39 is 0 Å². The monoisotopic (exact) mass is 254 g/mol. The van der Waals surface area contributed by atoms with Crippen LogP contribution in [-0.4, -0.2) is 11.7 Å². The van der Waals surface area contributed by atoms with Gasteiger partial charge in [-0.2, -0.15) is 0 Å². The Morgan fingerprint density at radius 3 is 3.07 bits per heavy atom. The van der Waals surface area contributed by atoms with Crippen molar-refractivity contribution < 1.29 is 4.52 Å². The molecule has 0 atom stereocenters. The minimum absolute atomic E-state index is 0.683. The Kier molecular flexibility index (Phi) is 2.84. The molecular formula is C10H11BrN2O. The summed E-state index contributed by atoms with van der Waals surface area (Å²) in [6, 6.07) is 5.94. The second-order valence-electron chi connectivity index (χ2n) is 3.14. The Bertz CT molecular complexity index is 439. The minimum atomic E-state index is 0.683. The van der Waals surface area contributed by atoms with E-state index in [1.807, 2.05) is 18.2 Å². The molecule has 1 aromatic carbocycles. The number of nitrogens with zero attached hydrogens (tertiary/aromatic N) is 1. The first-order valence-electron chi connectivity index (χ1n) is 4.56. The van der Waals surface area contributed by atoms with Crippen molar-refractivity contribution in [3.63, 3.8) is 0 Å². The maximum absolute atomic E-state index is 5.45. The molecule has 0 radical (unpaired) electrons. The lowest BCUT2D eigenvalue weighted by Gasteiger charge is -1.93. The van der Waals surface area contributed by atoms with E-state index in [9.17, 15) is 0 Å². The molecule has 2 aromatic rings. The van der Waals surface area contributed by atoms with Gasteiger partial charge in [-0.3, -0.25) is 0 Å². The first-order chi connectivity index (χ1) is 6.83. The topological polar surface area (TPSA) is 52.0 Å². The van der Waals surface area contributed by atoms with Crippen LogP contribution in [0.2, 0.25) is 0 Å². The fraction of sp³-hybridized carbons (Fsp3) is 0.300. The van der Waals surface area contributed by atoms with E-state index >= 15 is 0 Å². The second kappa shape index (κ2) is 4.11. The zero-order valence-corrected chi connectivity index (χ0v) is 9.25. The fourth-order valence-electron chi connectivity index (χ4n) is 1.43. The maximum atomic E-state index is 5.45. The number of aromatic nitrogens is 1. The van der Waals surface area contributed by atoms with Crippen molar-refractivity contribution in [2.45, 2.75) is 12.8 Å². The third-order valence-electron chi connectivity index (χ3n) is 2.14. The van der Waals surface area contributed by atoms with E-state index in [0.29, 0.717) is 6.54 Å². The Balaban J connectivity index is 2.42. The van der Waals surface area contributed by atoms with Crippen LogP contribution in [0.25, 0.3) is 11.0 Å². The van der Waals surface area contributed by atoms with Crippen LogP contribution in [0.15, 0.2) is 27.2 Å². The summed E-state index contributed by atoms with van der Waals surface area (Å²) in [5.74, 6) is 0. The van der Waals surface area contributed by atoms with Gasteiger partial charge in [-0.25, -0.2) is 0 Å². The summed E-state index contributed by atoms with van der Waals surface area (Å²) in [4.78, 5) is 0. The van der Waals surface area contributed by atoms with Crippen molar-refractivity contribution in [1.82, 2.24) is 5.16 Å². The SMILES string of the molecule is NCCCc1noc2c(Br)cccc12. The van der Waals surface area contributed by atoms with E-state index in [2.05, 4.69) is 21.1 Å². The third kappa shape index (κ3) is 1.67. The molecule has 1 heterocycles. The number of halogens is 1. The molecule has 0 unspecified atom stereocenters. The number of fused-ring (bicyclic) bond motifs is 1. The third-order valence-corrected chi connectivity index (χ3v) is 2.77. The lowest BCUT2D eigenvalue weighted by molar-refractivity contribution is 0.444. The summed E-state index contributed by atoms with van der Waals surface area (Å²) in [5.41, 5.74) is 7.26. The highest BCUT2D eigenvalue weighted by atomic mass is 79.9. The zero-order valence-electron chi connectivity index (χ0n) is 7.66. The van der Waals surface area contributed by atoms with Gasteiger partial charge in [0.05, 0.1) is 10.2 Å².